The van der Waals surface area contributed by atoms with Gasteiger partial charge in [0.1, 0.15) is 5.75 Å². The summed E-state index contributed by atoms with van der Waals surface area (Å²) in [5.74, 6) is -0.291. The average molecular weight is 237 g/mol. The van der Waals surface area contributed by atoms with E-state index in [1.165, 1.54) is 6.92 Å². The number of nitro benzene ring substituents is 1. The highest BCUT2D eigenvalue weighted by molar-refractivity contribution is 6.00. The molecule has 0 saturated heterocycles. The number of aldehydes is 1. The molecule has 0 spiro atoms. The summed E-state index contributed by atoms with van der Waals surface area (Å²) in [5.41, 5.74) is -0.254. The number of nitro groups is 1. The Morgan fingerprint density at radius 2 is 2.18 bits per heavy atom. The fourth-order valence-electron chi connectivity index (χ4n) is 1.40. The van der Waals surface area contributed by atoms with Crippen molar-refractivity contribution in [3.8, 4) is 5.75 Å². The maximum absolute atomic E-state index is 11.4. The smallest absolute Gasteiger partial charge is 0.271 e. The monoisotopic (exact) mass is 237 g/mol. The van der Waals surface area contributed by atoms with E-state index < -0.39 is 4.92 Å². The molecular formula is C11H11NO5. The van der Waals surface area contributed by atoms with E-state index in [0.717, 1.165) is 12.1 Å². The van der Waals surface area contributed by atoms with Gasteiger partial charge >= 0.3 is 0 Å². The predicted octanol–water partition coefficient (Wildman–Crippen LogP) is 2.01. The predicted molar refractivity (Wildman–Crippen MR) is 59.7 cm³/mol. The van der Waals surface area contributed by atoms with Crippen LogP contribution in [0.5, 0.6) is 5.75 Å². The summed E-state index contributed by atoms with van der Waals surface area (Å²) >= 11 is 0. The molecule has 6 heteroatoms. The summed E-state index contributed by atoms with van der Waals surface area (Å²) in [7, 11) is 0. The number of hydrogen-bond acceptors (Lipinski definition) is 5. The van der Waals surface area contributed by atoms with Gasteiger partial charge in [0.25, 0.3) is 5.69 Å². The number of ketones is 1. The van der Waals surface area contributed by atoms with Crippen molar-refractivity contribution < 1.29 is 19.2 Å². The number of ether oxygens (including phenoxy) is 1. The zero-order chi connectivity index (χ0) is 13.0. The normalized spacial score (nSPS) is 9.76. The molecule has 0 bridgehead atoms. The SMILES string of the molecule is CCOc1c(C=O)cc([N+](=O)[O-])cc1C(C)=O. The average Bonchev–Trinajstić information content (AvgIpc) is 2.28. The first-order valence-electron chi connectivity index (χ1n) is 4.92. The molecule has 17 heavy (non-hydrogen) atoms. The van der Waals surface area contributed by atoms with Crippen LogP contribution in [0.1, 0.15) is 34.6 Å². The van der Waals surface area contributed by atoms with Gasteiger partial charge in [-0.1, -0.05) is 0 Å². The van der Waals surface area contributed by atoms with E-state index in [1.807, 2.05) is 0 Å². The first-order chi connectivity index (χ1) is 8.01. The molecule has 0 N–H and O–H groups in total. The van der Waals surface area contributed by atoms with Gasteiger partial charge in [-0.3, -0.25) is 19.7 Å². The van der Waals surface area contributed by atoms with E-state index in [4.69, 9.17) is 4.74 Å². The third-order valence-corrected chi connectivity index (χ3v) is 2.11. The van der Waals surface area contributed by atoms with E-state index >= 15 is 0 Å². The fourth-order valence-corrected chi connectivity index (χ4v) is 1.40. The van der Waals surface area contributed by atoms with Crippen LogP contribution in [-0.4, -0.2) is 23.6 Å². The Bertz CT molecular complexity index is 481. The molecule has 0 unspecified atom stereocenters. The van der Waals surface area contributed by atoms with E-state index in [0.29, 0.717) is 6.29 Å². The molecule has 90 valence electrons. The van der Waals surface area contributed by atoms with E-state index in [1.54, 1.807) is 6.92 Å². The standard InChI is InChI=1S/C11H11NO5/c1-3-17-11-8(6-13)4-9(12(15)16)5-10(11)7(2)14/h4-6H,3H2,1-2H3. The van der Waals surface area contributed by atoms with Crippen molar-refractivity contribution in [2.24, 2.45) is 0 Å². The van der Waals surface area contributed by atoms with Gasteiger partial charge in [-0.25, -0.2) is 0 Å². The molecule has 0 fully saturated rings. The molecule has 0 atom stereocenters. The highest BCUT2D eigenvalue weighted by Crippen LogP contribution is 2.28. The summed E-state index contributed by atoms with van der Waals surface area (Å²) in [6.45, 7) is 3.22. The highest BCUT2D eigenvalue weighted by Gasteiger charge is 2.19. The van der Waals surface area contributed by atoms with E-state index in [9.17, 15) is 19.7 Å². The Labute approximate surface area is 97.3 Å². The summed E-state index contributed by atoms with van der Waals surface area (Å²) in [5, 5.41) is 10.7. The van der Waals surface area contributed by atoms with Gasteiger partial charge in [0.15, 0.2) is 12.1 Å². The molecule has 0 amide bonds. The van der Waals surface area contributed by atoms with Gasteiger partial charge in [-0.05, 0) is 13.8 Å². The zero-order valence-electron chi connectivity index (χ0n) is 9.43. The van der Waals surface area contributed by atoms with Crippen LogP contribution in [0.3, 0.4) is 0 Å². The Kier molecular flexibility index (Phi) is 3.92. The summed E-state index contributed by atoms with van der Waals surface area (Å²) in [4.78, 5) is 32.2. The third-order valence-electron chi connectivity index (χ3n) is 2.11. The minimum atomic E-state index is -0.658. The molecule has 0 heterocycles. The van der Waals surface area contributed by atoms with E-state index in [-0.39, 0.29) is 35.0 Å². The van der Waals surface area contributed by atoms with Crippen LogP contribution < -0.4 is 4.74 Å². The van der Waals surface area contributed by atoms with Gasteiger partial charge in [-0.15, -0.1) is 0 Å². The quantitative estimate of drug-likeness (QED) is 0.338. The Morgan fingerprint density at radius 1 is 1.53 bits per heavy atom. The van der Waals surface area contributed by atoms with Crippen LogP contribution in [0.15, 0.2) is 12.1 Å². The van der Waals surface area contributed by atoms with Crippen LogP contribution in [-0.2, 0) is 0 Å². The number of benzene rings is 1. The molecule has 0 saturated carbocycles. The number of Topliss-reactive ketones (excluding diaryl/α,β-unsaturated/α-hetero) is 1. The molecule has 0 aliphatic rings. The number of carbonyl (C=O) groups is 2. The fraction of sp³-hybridized carbons (Fsp3) is 0.273. The molecule has 0 aliphatic carbocycles. The van der Waals surface area contributed by atoms with Crippen LogP contribution >= 0.6 is 0 Å². The second kappa shape index (κ2) is 5.20. The summed E-state index contributed by atoms with van der Waals surface area (Å²) in [6.07, 6.45) is 0.435. The zero-order valence-corrected chi connectivity index (χ0v) is 9.43. The van der Waals surface area contributed by atoms with Gasteiger partial charge in [0, 0.05) is 12.1 Å². The number of non-ortho nitro benzene ring substituents is 1. The van der Waals surface area contributed by atoms with E-state index in [2.05, 4.69) is 0 Å². The van der Waals surface area contributed by atoms with Crippen molar-refractivity contribution in [2.75, 3.05) is 6.61 Å². The van der Waals surface area contributed by atoms with Crippen LogP contribution in [0.4, 0.5) is 5.69 Å². The topological polar surface area (TPSA) is 86.5 Å². The first kappa shape index (κ1) is 12.8. The lowest BCUT2D eigenvalue weighted by Crippen LogP contribution is -2.05. The second-order valence-corrected chi connectivity index (χ2v) is 3.28. The largest absolute Gasteiger partial charge is 0.492 e. The molecule has 0 radical (unpaired) electrons. The van der Waals surface area contributed by atoms with Crippen molar-refractivity contribution in [1.29, 1.82) is 0 Å². The Hall–Kier alpha value is -2.24. The second-order valence-electron chi connectivity index (χ2n) is 3.28. The number of rotatable bonds is 5. The summed E-state index contributed by atoms with van der Waals surface area (Å²) in [6, 6.07) is 2.20. The van der Waals surface area contributed by atoms with Gasteiger partial charge in [0.2, 0.25) is 0 Å². The number of hydrogen-bond donors (Lipinski definition) is 0. The van der Waals surface area contributed by atoms with Crippen molar-refractivity contribution in [1.82, 2.24) is 0 Å². The van der Waals surface area contributed by atoms with Crippen LogP contribution in [0, 0.1) is 10.1 Å². The molecule has 1 rings (SSSR count). The molecule has 0 aromatic heterocycles. The molecule has 0 aliphatic heterocycles. The lowest BCUT2D eigenvalue weighted by molar-refractivity contribution is -0.384. The van der Waals surface area contributed by atoms with Crippen molar-refractivity contribution in [3.63, 3.8) is 0 Å². The first-order valence-corrected chi connectivity index (χ1v) is 4.92. The van der Waals surface area contributed by atoms with Gasteiger partial charge < -0.3 is 4.74 Å². The lowest BCUT2D eigenvalue weighted by atomic mass is 10.1. The minimum Gasteiger partial charge on any atom is -0.492 e. The van der Waals surface area contributed by atoms with Gasteiger partial charge in [-0.2, -0.15) is 0 Å². The summed E-state index contributed by atoms with van der Waals surface area (Å²) < 4.78 is 5.18. The highest BCUT2D eigenvalue weighted by atomic mass is 16.6. The minimum absolute atomic E-state index is 0.00579. The van der Waals surface area contributed by atoms with Crippen molar-refractivity contribution in [3.05, 3.63) is 33.4 Å². The number of nitrogens with zero attached hydrogens (tertiary/aromatic N) is 1. The molecule has 6 nitrogen and oxygen atoms in total. The Balaban J connectivity index is 3.50. The Morgan fingerprint density at radius 3 is 2.59 bits per heavy atom. The maximum atomic E-state index is 11.4. The van der Waals surface area contributed by atoms with Gasteiger partial charge in [0.05, 0.1) is 22.7 Å². The lowest BCUT2D eigenvalue weighted by Gasteiger charge is -2.10. The molecule has 1 aromatic rings. The van der Waals surface area contributed by atoms with Crippen LogP contribution in [0.25, 0.3) is 0 Å². The number of carbonyl (C=O) groups excluding carboxylic acids is 2. The van der Waals surface area contributed by atoms with Crippen molar-refractivity contribution >= 4 is 17.8 Å². The molecule has 1 aromatic carbocycles. The van der Waals surface area contributed by atoms with Crippen molar-refractivity contribution in [2.45, 2.75) is 13.8 Å². The molecular weight excluding hydrogens is 226 g/mol. The third kappa shape index (κ3) is 2.66. The van der Waals surface area contributed by atoms with Crippen LogP contribution in [0.2, 0.25) is 0 Å². The maximum Gasteiger partial charge on any atom is 0.271 e.